The minimum absolute atomic E-state index is 0.103. The molecule has 0 atom stereocenters. The molecule has 5 nitrogen and oxygen atoms in total. The smallest absolute Gasteiger partial charge is 0.355 e. The standard InChI is InChI=1S/C23H19F3N4O/c24-23(25,26)22-19(13-28-30(22)16-4-2-1-3-5-16)21-18-9-7-15-12-14(10-11-27)6-8-17(15)20(18)29-31-21/h1-6,8,12-13H,7,9-11,27H2. The van der Waals surface area contributed by atoms with Crippen LogP contribution in [0.5, 0.6) is 0 Å². The molecule has 0 radical (unpaired) electrons. The lowest BCUT2D eigenvalue weighted by atomic mass is 9.87. The molecule has 0 spiro atoms. The summed E-state index contributed by atoms with van der Waals surface area (Å²) in [5.74, 6) is 0.126. The normalized spacial score (nSPS) is 13.2. The highest BCUT2D eigenvalue weighted by Crippen LogP contribution is 2.43. The average Bonchev–Trinajstić information content (AvgIpc) is 3.38. The fourth-order valence-electron chi connectivity index (χ4n) is 4.18. The quantitative estimate of drug-likeness (QED) is 0.510. The van der Waals surface area contributed by atoms with Gasteiger partial charge in [0.05, 0.1) is 17.4 Å². The lowest BCUT2D eigenvalue weighted by Gasteiger charge is -2.17. The van der Waals surface area contributed by atoms with Gasteiger partial charge in [-0.1, -0.05) is 41.6 Å². The molecule has 4 aromatic rings. The first-order valence-electron chi connectivity index (χ1n) is 9.99. The van der Waals surface area contributed by atoms with Gasteiger partial charge >= 0.3 is 6.18 Å². The van der Waals surface area contributed by atoms with Crippen molar-refractivity contribution in [3.05, 3.63) is 77.1 Å². The maximum Gasteiger partial charge on any atom is 0.434 e. The molecule has 0 fully saturated rings. The lowest BCUT2D eigenvalue weighted by molar-refractivity contribution is -0.142. The molecular weight excluding hydrogens is 405 g/mol. The molecule has 0 amide bonds. The fraction of sp³-hybridized carbons (Fsp3) is 0.217. The molecule has 2 heterocycles. The van der Waals surface area contributed by atoms with Crippen molar-refractivity contribution in [2.24, 2.45) is 5.73 Å². The van der Waals surface area contributed by atoms with Crippen LogP contribution in [0.25, 0.3) is 28.3 Å². The first kappa shape index (κ1) is 19.6. The Balaban J connectivity index is 1.63. The second kappa shape index (κ2) is 7.39. The number of fused-ring (bicyclic) bond motifs is 3. The highest BCUT2D eigenvalue weighted by Gasteiger charge is 2.41. The van der Waals surface area contributed by atoms with Crippen LogP contribution in [-0.2, 0) is 25.4 Å². The van der Waals surface area contributed by atoms with E-state index in [1.807, 2.05) is 12.1 Å². The molecule has 8 heteroatoms. The molecule has 2 aromatic heterocycles. The van der Waals surface area contributed by atoms with E-state index in [9.17, 15) is 13.2 Å². The summed E-state index contributed by atoms with van der Waals surface area (Å²) >= 11 is 0. The third kappa shape index (κ3) is 3.33. The third-order valence-electron chi connectivity index (χ3n) is 5.57. The number of hydrogen-bond acceptors (Lipinski definition) is 4. The van der Waals surface area contributed by atoms with Gasteiger partial charge in [-0.3, -0.25) is 0 Å². The molecule has 0 unspecified atom stereocenters. The molecule has 5 rings (SSSR count). The molecule has 158 valence electrons. The summed E-state index contributed by atoms with van der Waals surface area (Å²) in [6.45, 7) is 0.559. The average molecular weight is 424 g/mol. The summed E-state index contributed by atoms with van der Waals surface area (Å²) < 4.78 is 48.6. The number of halogens is 3. The van der Waals surface area contributed by atoms with Crippen molar-refractivity contribution in [1.82, 2.24) is 14.9 Å². The van der Waals surface area contributed by atoms with Crippen molar-refractivity contribution in [3.63, 3.8) is 0 Å². The molecule has 1 aliphatic rings. The minimum atomic E-state index is -4.62. The minimum Gasteiger partial charge on any atom is -0.355 e. The number of aryl methyl sites for hydroxylation is 1. The Kier molecular flexibility index (Phi) is 4.66. The van der Waals surface area contributed by atoms with Crippen LogP contribution in [0.2, 0.25) is 0 Å². The fourth-order valence-corrected chi connectivity index (χ4v) is 4.18. The van der Waals surface area contributed by atoms with Crippen LogP contribution in [0.1, 0.15) is 22.4 Å². The summed E-state index contributed by atoms with van der Waals surface area (Å²) in [6, 6.07) is 14.3. The number of benzene rings is 2. The van der Waals surface area contributed by atoms with Crippen LogP contribution in [0, 0.1) is 0 Å². The SMILES string of the molecule is NCCc1ccc2c(c1)CCc1c-2noc1-c1cnn(-c2ccccc2)c1C(F)(F)F. The number of rotatable bonds is 4. The Morgan fingerprint density at radius 3 is 2.58 bits per heavy atom. The molecule has 0 saturated heterocycles. The summed E-state index contributed by atoms with van der Waals surface area (Å²) in [5, 5.41) is 8.18. The number of para-hydroxylation sites is 1. The Morgan fingerprint density at radius 2 is 1.84 bits per heavy atom. The zero-order valence-electron chi connectivity index (χ0n) is 16.5. The van der Waals surface area contributed by atoms with Gasteiger partial charge in [0.15, 0.2) is 11.5 Å². The van der Waals surface area contributed by atoms with E-state index in [0.29, 0.717) is 36.3 Å². The van der Waals surface area contributed by atoms with Gasteiger partial charge in [0, 0.05) is 11.1 Å². The number of aromatic nitrogens is 3. The van der Waals surface area contributed by atoms with Crippen LogP contribution >= 0.6 is 0 Å². The Bertz CT molecular complexity index is 1240. The van der Waals surface area contributed by atoms with E-state index in [0.717, 1.165) is 27.8 Å². The van der Waals surface area contributed by atoms with Crippen LogP contribution < -0.4 is 5.73 Å². The number of nitrogens with two attached hydrogens (primary N) is 1. The zero-order valence-corrected chi connectivity index (χ0v) is 16.5. The predicted molar refractivity (Wildman–Crippen MR) is 110 cm³/mol. The maximum atomic E-state index is 14.1. The summed E-state index contributed by atoms with van der Waals surface area (Å²) in [5.41, 5.74) is 9.40. The van der Waals surface area contributed by atoms with Gasteiger partial charge in [-0.2, -0.15) is 18.3 Å². The van der Waals surface area contributed by atoms with E-state index in [2.05, 4.69) is 16.3 Å². The Hall–Kier alpha value is -3.39. The monoisotopic (exact) mass is 424 g/mol. The van der Waals surface area contributed by atoms with Gasteiger partial charge < -0.3 is 10.3 Å². The lowest BCUT2D eigenvalue weighted by Crippen LogP contribution is -2.14. The van der Waals surface area contributed by atoms with Crippen LogP contribution in [0.4, 0.5) is 13.2 Å². The third-order valence-corrected chi connectivity index (χ3v) is 5.57. The van der Waals surface area contributed by atoms with E-state index < -0.39 is 11.9 Å². The summed E-state index contributed by atoms with van der Waals surface area (Å²) in [7, 11) is 0. The Labute approximate surface area is 176 Å². The molecule has 0 saturated carbocycles. The molecule has 31 heavy (non-hydrogen) atoms. The summed E-state index contributed by atoms with van der Waals surface area (Å²) in [6.07, 6.45) is -1.40. The van der Waals surface area contributed by atoms with Crippen LogP contribution in [-0.4, -0.2) is 21.5 Å². The zero-order chi connectivity index (χ0) is 21.6. The van der Waals surface area contributed by atoms with Crippen molar-refractivity contribution in [2.45, 2.75) is 25.4 Å². The van der Waals surface area contributed by atoms with Crippen molar-refractivity contribution in [2.75, 3.05) is 6.54 Å². The van der Waals surface area contributed by atoms with E-state index in [-0.39, 0.29) is 11.3 Å². The molecule has 1 aliphatic carbocycles. The molecule has 0 aliphatic heterocycles. The number of hydrogen-bond donors (Lipinski definition) is 1. The van der Waals surface area contributed by atoms with E-state index in [4.69, 9.17) is 10.3 Å². The first-order chi connectivity index (χ1) is 15.0. The molecule has 2 aromatic carbocycles. The van der Waals surface area contributed by atoms with Gasteiger partial charge in [-0.25, -0.2) is 4.68 Å². The van der Waals surface area contributed by atoms with Crippen LogP contribution in [0.3, 0.4) is 0 Å². The second-order valence-electron chi connectivity index (χ2n) is 7.52. The number of nitrogens with zero attached hydrogens (tertiary/aromatic N) is 3. The van der Waals surface area contributed by atoms with Crippen molar-refractivity contribution >= 4 is 0 Å². The van der Waals surface area contributed by atoms with E-state index >= 15 is 0 Å². The topological polar surface area (TPSA) is 69.9 Å². The second-order valence-corrected chi connectivity index (χ2v) is 7.52. The largest absolute Gasteiger partial charge is 0.434 e. The van der Waals surface area contributed by atoms with Crippen LogP contribution in [0.15, 0.2) is 59.3 Å². The predicted octanol–water partition coefficient (Wildman–Crippen LogP) is 4.81. The molecule has 2 N–H and O–H groups in total. The van der Waals surface area contributed by atoms with Crippen molar-refractivity contribution in [3.8, 4) is 28.3 Å². The first-order valence-corrected chi connectivity index (χ1v) is 9.99. The molecule has 0 bridgehead atoms. The van der Waals surface area contributed by atoms with Gasteiger partial charge in [0.2, 0.25) is 0 Å². The van der Waals surface area contributed by atoms with Gasteiger partial charge in [0.25, 0.3) is 0 Å². The highest BCUT2D eigenvalue weighted by molar-refractivity contribution is 5.77. The van der Waals surface area contributed by atoms with E-state index in [1.54, 1.807) is 30.3 Å². The van der Waals surface area contributed by atoms with E-state index in [1.165, 1.54) is 6.20 Å². The van der Waals surface area contributed by atoms with Gasteiger partial charge in [0.1, 0.15) is 5.69 Å². The Morgan fingerprint density at radius 1 is 1.03 bits per heavy atom. The van der Waals surface area contributed by atoms with Gasteiger partial charge in [-0.15, -0.1) is 0 Å². The van der Waals surface area contributed by atoms with Gasteiger partial charge in [-0.05, 0) is 49.1 Å². The summed E-state index contributed by atoms with van der Waals surface area (Å²) in [4.78, 5) is 0. The molecular formula is C23H19F3N4O. The highest BCUT2D eigenvalue weighted by atomic mass is 19.4. The maximum absolute atomic E-state index is 14.1. The number of alkyl halides is 3. The van der Waals surface area contributed by atoms with Crippen molar-refractivity contribution in [1.29, 1.82) is 0 Å². The van der Waals surface area contributed by atoms with Crippen molar-refractivity contribution < 1.29 is 17.7 Å².